The fraction of sp³-hybridized carbons (Fsp3) is 0.824. The molecular formula is C17H29F6N3O5. The van der Waals surface area contributed by atoms with Crippen LogP contribution < -0.4 is 5.73 Å². The molecule has 1 aliphatic rings. The van der Waals surface area contributed by atoms with Gasteiger partial charge in [0.05, 0.1) is 6.04 Å². The standard InChI is InChI=1S/C13H27N3O.2C2HF3O2/c1-10(2)12(14)13(17)16-7-5-6-11(9-16)8-15(3)4;2*3-2(4,5)1(6)7/h10-12H,5-9,14H2,1-4H3;2*(H,6,7)/t11?,12-;;/m0../s1. The Balaban J connectivity index is 0. The van der Waals surface area contributed by atoms with Gasteiger partial charge < -0.3 is 25.7 Å². The van der Waals surface area contributed by atoms with Crippen molar-refractivity contribution in [2.24, 2.45) is 17.6 Å². The van der Waals surface area contributed by atoms with Crippen molar-refractivity contribution in [2.45, 2.75) is 45.1 Å². The molecule has 0 aromatic rings. The lowest BCUT2D eigenvalue weighted by Crippen LogP contribution is -2.50. The molecular weight excluding hydrogens is 440 g/mol. The molecule has 1 heterocycles. The van der Waals surface area contributed by atoms with E-state index in [0.29, 0.717) is 5.92 Å². The molecule has 0 radical (unpaired) electrons. The summed E-state index contributed by atoms with van der Waals surface area (Å²) in [6, 6.07) is -0.340. The monoisotopic (exact) mass is 469 g/mol. The fourth-order valence-corrected chi connectivity index (χ4v) is 2.43. The Morgan fingerprint density at radius 3 is 1.71 bits per heavy atom. The summed E-state index contributed by atoms with van der Waals surface area (Å²) < 4.78 is 63.5. The Morgan fingerprint density at radius 1 is 1.03 bits per heavy atom. The summed E-state index contributed by atoms with van der Waals surface area (Å²) in [4.78, 5) is 34.1. The van der Waals surface area contributed by atoms with E-state index >= 15 is 0 Å². The van der Waals surface area contributed by atoms with E-state index < -0.39 is 24.3 Å². The second kappa shape index (κ2) is 13.3. The molecule has 8 nitrogen and oxygen atoms in total. The Bertz CT molecular complexity index is 558. The lowest BCUT2D eigenvalue weighted by atomic mass is 9.95. The van der Waals surface area contributed by atoms with Crippen molar-refractivity contribution >= 4 is 17.8 Å². The zero-order valence-corrected chi connectivity index (χ0v) is 17.6. The number of carbonyl (C=O) groups excluding carboxylic acids is 1. The van der Waals surface area contributed by atoms with Crippen LogP contribution in [0.1, 0.15) is 26.7 Å². The molecule has 1 fully saturated rings. The first-order valence-electron chi connectivity index (χ1n) is 9.09. The highest BCUT2D eigenvalue weighted by atomic mass is 19.4. The number of piperidine rings is 1. The predicted molar refractivity (Wildman–Crippen MR) is 98.1 cm³/mol. The summed E-state index contributed by atoms with van der Waals surface area (Å²) >= 11 is 0. The topological polar surface area (TPSA) is 124 Å². The number of alkyl halides is 6. The van der Waals surface area contributed by atoms with Gasteiger partial charge in [0.25, 0.3) is 0 Å². The third-order valence-electron chi connectivity index (χ3n) is 3.94. The molecule has 0 bridgehead atoms. The van der Waals surface area contributed by atoms with E-state index in [9.17, 15) is 31.1 Å². The number of nitrogens with two attached hydrogens (primary N) is 1. The Labute approximate surface area is 176 Å². The van der Waals surface area contributed by atoms with Gasteiger partial charge >= 0.3 is 24.3 Å². The van der Waals surface area contributed by atoms with E-state index in [1.165, 1.54) is 6.42 Å². The van der Waals surface area contributed by atoms with Gasteiger partial charge in [0.2, 0.25) is 5.91 Å². The first kappa shape index (κ1) is 31.1. The predicted octanol–water partition coefficient (Wildman–Crippen LogP) is 2.04. The highest BCUT2D eigenvalue weighted by Crippen LogP contribution is 2.18. The summed E-state index contributed by atoms with van der Waals surface area (Å²) in [6.07, 6.45) is -7.84. The maximum atomic E-state index is 12.2. The maximum Gasteiger partial charge on any atom is 0.490 e. The van der Waals surface area contributed by atoms with Crippen LogP contribution in [0.3, 0.4) is 0 Å². The van der Waals surface area contributed by atoms with Gasteiger partial charge in [0.1, 0.15) is 0 Å². The second-order valence-corrected chi connectivity index (χ2v) is 7.43. The average Bonchev–Trinajstić information content (AvgIpc) is 2.59. The number of carbonyl (C=O) groups is 3. The Morgan fingerprint density at radius 2 is 1.42 bits per heavy atom. The van der Waals surface area contributed by atoms with Crippen molar-refractivity contribution < 1.29 is 50.9 Å². The van der Waals surface area contributed by atoms with E-state index in [4.69, 9.17) is 25.5 Å². The van der Waals surface area contributed by atoms with Crippen LogP contribution in [0.15, 0.2) is 0 Å². The minimum Gasteiger partial charge on any atom is -0.475 e. The highest BCUT2D eigenvalue weighted by molar-refractivity contribution is 5.82. The van der Waals surface area contributed by atoms with Crippen molar-refractivity contribution in [1.82, 2.24) is 9.80 Å². The summed E-state index contributed by atoms with van der Waals surface area (Å²) in [5, 5.41) is 14.2. The molecule has 1 saturated heterocycles. The number of nitrogens with zero attached hydrogens (tertiary/aromatic N) is 2. The van der Waals surface area contributed by atoms with E-state index in [1.807, 2.05) is 18.7 Å². The number of aliphatic carboxylic acids is 2. The molecule has 0 aromatic carbocycles. The van der Waals surface area contributed by atoms with Crippen molar-refractivity contribution in [3.63, 3.8) is 0 Å². The number of likely N-dealkylation sites (tertiary alicyclic amines) is 1. The van der Waals surface area contributed by atoms with E-state index in [1.54, 1.807) is 0 Å². The molecule has 0 aromatic heterocycles. The third kappa shape index (κ3) is 14.5. The normalized spacial score (nSPS) is 17.8. The molecule has 0 spiro atoms. The number of halogens is 6. The summed E-state index contributed by atoms with van der Waals surface area (Å²) in [6.45, 7) is 6.81. The number of carboxylic acids is 2. The zero-order chi connectivity index (χ0) is 25.2. The van der Waals surface area contributed by atoms with Crippen LogP contribution in [-0.2, 0) is 14.4 Å². The second-order valence-electron chi connectivity index (χ2n) is 7.43. The Kier molecular flexibility index (Phi) is 13.4. The number of carboxylic acid groups (broad SMARTS) is 2. The lowest BCUT2D eigenvalue weighted by molar-refractivity contribution is -0.193. The molecule has 1 amide bonds. The van der Waals surface area contributed by atoms with Gasteiger partial charge in [0.15, 0.2) is 0 Å². The summed E-state index contributed by atoms with van der Waals surface area (Å²) in [5.41, 5.74) is 5.94. The highest BCUT2D eigenvalue weighted by Gasteiger charge is 2.38. The van der Waals surface area contributed by atoms with Crippen LogP contribution in [-0.4, -0.2) is 90.0 Å². The lowest BCUT2D eigenvalue weighted by Gasteiger charge is -2.36. The average molecular weight is 469 g/mol. The van der Waals surface area contributed by atoms with Gasteiger partial charge in [-0.25, -0.2) is 9.59 Å². The largest absolute Gasteiger partial charge is 0.490 e. The van der Waals surface area contributed by atoms with Gasteiger partial charge in [-0.2, -0.15) is 26.3 Å². The van der Waals surface area contributed by atoms with Crippen LogP contribution in [0.4, 0.5) is 26.3 Å². The molecule has 0 aliphatic carbocycles. The molecule has 1 rings (SSSR count). The van der Waals surface area contributed by atoms with Gasteiger partial charge in [-0.3, -0.25) is 4.79 Å². The molecule has 1 aliphatic heterocycles. The van der Waals surface area contributed by atoms with Gasteiger partial charge in [-0.1, -0.05) is 13.8 Å². The number of hydrogen-bond donors (Lipinski definition) is 3. The van der Waals surface area contributed by atoms with Crippen molar-refractivity contribution in [2.75, 3.05) is 33.7 Å². The minimum atomic E-state index is -5.08. The molecule has 4 N–H and O–H groups in total. The molecule has 184 valence electrons. The fourth-order valence-electron chi connectivity index (χ4n) is 2.43. The molecule has 2 atom stereocenters. The number of rotatable bonds is 4. The summed E-state index contributed by atoms with van der Waals surface area (Å²) in [7, 11) is 4.17. The van der Waals surface area contributed by atoms with Crippen LogP contribution in [0.25, 0.3) is 0 Å². The van der Waals surface area contributed by atoms with Crippen molar-refractivity contribution in [3.8, 4) is 0 Å². The minimum absolute atomic E-state index is 0.128. The molecule has 14 heteroatoms. The van der Waals surface area contributed by atoms with Crippen LogP contribution in [0, 0.1) is 11.8 Å². The molecule has 31 heavy (non-hydrogen) atoms. The van der Waals surface area contributed by atoms with Crippen molar-refractivity contribution in [3.05, 3.63) is 0 Å². The maximum absolute atomic E-state index is 12.2. The van der Waals surface area contributed by atoms with Gasteiger partial charge in [0, 0.05) is 19.6 Å². The van der Waals surface area contributed by atoms with Crippen LogP contribution in [0.2, 0.25) is 0 Å². The third-order valence-corrected chi connectivity index (χ3v) is 3.94. The van der Waals surface area contributed by atoms with Crippen molar-refractivity contribution in [1.29, 1.82) is 0 Å². The van der Waals surface area contributed by atoms with Gasteiger partial charge in [-0.05, 0) is 38.8 Å². The molecule has 1 unspecified atom stereocenters. The van der Waals surface area contributed by atoms with Crippen LogP contribution in [0.5, 0.6) is 0 Å². The number of hydrogen-bond acceptors (Lipinski definition) is 5. The SMILES string of the molecule is CC(C)[C@H](N)C(=O)N1CCCC(CN(C)C)C1.O=C(O)C(F)(F)F.O=C(O)C(F)(F)F. The van der Waals surface area contributed by atoms with Gasteiger partial charge in [-0.15, -0.1) is 0 Å². The summed E-state index contributed by atoms with van der Waals surface area (Å²) in [5.74, 6) is -4.57. The van der Waals surface area contributed by atoms with E-state index in [0.717, 1.165) is 26.1 Å². The first-order valence-corrected chi connectivity index (χ1v) is 9.09. The van der Waals surface area contributed by atoms with E-state index in [2.05, 4.69) is 19.0 Å². The zero-order valence-electron chi connectivity index (χ0n) is 17.6. The smallest absolute Gasteiger partial charge is 0.475 e. The number of amides is 1. The Hall–Kier alpha value is -2.09. The first-order chi connectivity index (χ1) is 13.8. The quantitative estimate of drug-likeness (QED) is 0.538. The molecule has 0 saturated carbocycles. The van der Waals surface area contributed by atoms with Crippen LogP contribution >= 0.6 is 0 Å². The van der Waals surface area contributed by atoms with E-state index in [-0.39, 0.29) is 17.9 Å².